The molecule has 1 saturated heterocycles. The van der Waals surface area contributed by atoms with Gasteiger partial charge in [0, 0.05) is 11.8 Å². The van der Waals surface area contributed by atoms with Crippen LogP contribution in [0.3, 0.4) is 0 Å². The van der Waals surface area contributed by atoms with Crippen LogP contribution < -0.4 is 0 Å². The summed E-state index contributed by atoms with van der Waals surface area (Å²) in [6, 6.07) is 0. The van der Waals surface area contributed by atoms with Gasteiger partial charge in [-0.25, -0.2) is 8.78 Å². The standard InChI is InChI=1S/C21H21F5O6/c22-20(23,6-21(24,25)26)7-30-18(28)13-11-5-12-14(13)19(29)32-16(12)15(11)31-17(27)10-4-8-1-2-9(10)3-8/h1-2,8-16H,3-7H2. The van der Waals surface area contributed by atoms with E-state index in [1.54, 1.807) is 0 Å². The van der Waals surface area contributed by atoms with E-state index >= 15 is 0 Å². The van der Waals surface area contributed by atoms with E-state index < -0.39 is 78.9 Å². The Morgan fingerprint density at radius 3 is 2.41 bits per heavy atom. The molecule has 0 N–H and O–H groups in total. The molecule has 5 aliphatic rings. The fourth-order valence-electron chi connectivity index (χ4n) is 6.36. The molecule has 1 aliphatic heterocycles. The van der Waals surface area contributed by atoms with E-state index in [1.807, 2.05) is 6.08 Å². The maximum absolute atomic E-state index is 13.6. The van der Waals surface area contributed by atoms with Crippen LogP contribution in [0.15, 0.2) is 12.2 Å². The zero-order valence-electron chi connectivity index (χ0n) is 16.7. The van der Waals surface area contributed by atoms with Gasteiger partial charge in [0.25, 0.3) is 5.92 Å². The number of esters is 3. The second-order valence-corrected chi connectivity index (χ2v) is 9.56. The maximum atomic E-state index is 13.6. The molecule has 1 heterocycles. The molecule has 5 rings (SSSR count). The lowest BCUT2D eigenvalue weighted by Gasteiger charge is -2.31. The lowest BCUT2D eigenvalue weighted by molar-refractivity contribution is -0.206. The molecule has 0 radical (unpaired) electrons. The summed E-state index contributed by atoms with van der Waals surface area (Å²) in [5.41, 5.74) is 0. The molecule has 0 amide bonds. The third-order valence-electron chi connectivity index (χ3n) is 7.54. The molecule has 32 heavy (non-hydrogen) atoms. The summed E-state index contributed by atoms with van der Waals surface area (Å²) in [6.45, 7) is -1.74. The van der Waals surface area contributed by atoms with Crippen LogP contribution in [0.2, 0.25) is 0 Å². The van der Waals surface area contributed by atoms with Crippen LogP contribution in [0.1, 0.15) is 25.7 Å². The minimum absolute atomic E-state index is 0.0848. The molecule has 6 nitrogen and oxygen atoms in total. The van der Waals surface area contributed by atoms with Crippen LogP contribution >= 0.6 is 0 Å². The quantitative estimate of drug-likeness (QED) is 0.260. The fourth-order valence-corrected chi connectivity index (χ4v) is 6.36. The summed E-state index contributed by atoms with van der Waals surface area (Å²) in [6.07, 6.45) is -3.25. The predicted molar refractivity (Wildman–Crippen MR) is 93.8 cm³/mol. The van der Waals surface area contributed by atoms with Gasteiger partial charge in [0.1, 0.15) is 18.6 Å². The molecular formula is C21H21F5O6. The average Bonchev–Trinajstić information content (AvgIpc) is 3.46. The Morgan fingerprint density at radius 2 is 1.78 bits per heavy atom. The molecule has 0 aromatic heterocycles. The van der Waals surface area contributed by atoms with Crippen LogP contribution in [0.4, 0.5) is 22.0 Å². The summed E-state index contributed by atoms with van der Waals surface area (Å²) >= 11 is 0. The number of hydrogen-bond donors (Lipinski definition) is 0. The van der Waals surface area contributed by atoms with E-state index in [0.717, 1.165) is 6.42 Å². The Bertz CT molecular complexity index is 869. The second-order valence-electron chi connectivity index (χ2n) is 9.56. The summed E-state index contributed by atoms with van der Waals surface area (Å²) < 4.78 is 79.6. The Kier molecular flexibility index (Phi) is 4.83. The largest absolute Gasteiger partial charge is 0.459 e. The minimum Gasteiger partial charge on any atom is -0.459 e. The van der Waals surface area contributed by atoms with E-state index in [-0.39, 0.29) is 11.8 Å². The number of carbonyl (C=O) groups is 3. The highest BCUT2D eigenvalue weighted by molar-refractivity contribution is 5.86. The molecule has 11 heteroatoms. The normalized spacial score (nSPS) is 41.3. The smallest absolute Gasteiger partial charge is 0.394 e. The SMILES string of the molecule is O=C(OC1C2CC3C1OC(=O)C3C2C(=O)OCC(F)(F)CC(F)(F)F)C1CC2C=CC1C2. The highest BCUT2D eigenvalue weighted by Crippen LogP contribution is 2.59. The number of rotatable bonds is 6. The van der Waals surface area contributed by atoms with Gasteiger partial charge in [-0.15, -0.1) is 0 Å². The van der Waals surface area contributed by atoms with Crippen molar-refractivity contribution in [1.82, 2.24) is 0 Å². The maximum Gasteiger partial charge on any atom is 0.394 e. The first-order valence-electron chi connectivity index (χ1n) is 10.6. The van der Waals surface area contributed by atoms with Crippen LogP contribution in [-0.4, -0.2) is 48.8 Å². The highest BCUT2D eigenvalue weighted by atomic mass is 19.4. The van der Waals surface area contributed by atoms with Gasteiger partial charge in [0.2, 0.25) is 0 Å². The van der Waals surface area contributed by atoms with Gasteiger partial charge in [-0.2, -0.15) is 13.2 Å². The van der Waals surface area contributed by atoms with E-state index in [9.17, 15) is 36.3 Å². The van der Waals surface area contributed by atoms with Crippen molar-refractivity contribution in [3.63, 3.8) is 0 Å². The second kappa shape index (κ2) is 7.15. The molecule has 0 spiro atoms. The Hall–Kier alpha value is -2.20. The topological polar surface area (TPSA) is 78.9 Å². The van der Waals surface area contributed by atoms with Gasteiger partial charge in [-0.3, -0.25) is 14.4 Å². The van der Waals surface area contributed by atoms with Crippen molar-refractivity contribution in [3.05, 3.63) is 12.2 Å². The van der Waals surface area contributed by atoms with Crippen molar-refractivity contribution < 1.29 is 50.5 Å². The molecule has 9 atom stereocenters. The number of alkyl halides is 5. The monoisotopic (exact) mass is 464 g/mol. The molecule has 0 aromatic carbocycles. The van der Waals surface area contributed by atoms with Crippen molar-refractivity contribution in [2.24, 2.45) is 41.4 Å². The minimum atomic E-state index is -5.13. The Labute approximate surface area is 179 Å². The molecule has 9 unspecified atom stereocenters. The third-order valence-corrected chi connectivity index (χ3v) is 7.54. The lowest BCUT2D eigenvalue weighted by atomic mass is 9.78. The molecule has 4 aliphatic carbocycles. The van der Waals surface area contributed by atoms with Gasteiger partial charge in [0.15, 0.2) is 6.61 Å². The lowest BCUT2D eigenvalue weighted by Crippen LogP contribution is -2.45. The molecule has 4 fully saturated rings. The van der Waals surface area contributed by atoms with E-state index in [2.05, 4.69) is 10.8 Å². The van der Waals surface area contributed by atoms with Crippen LogP contribution in [-0.2, 0) is 28.6 Å². The number of halogens is 5. The first-order valence-corrected chi connectivity index (χ1v) is 10.6. The van der Waals surface area contributed by atoms with Crippen LogP contribution in [0.5, 0.6) is 0 Å². The summed E-state index contributed by atoms with van der Waals surface area (Å²) in [4.78, 5) is 37.7. The molecule has 3 saturated carbocycles. The Balaban J connectivity index is 1.27. The highest BCUT2D eigenvalue weighted by Gasteiger charge is 2.70. The van der Waals surface area contributed by atoms with Gasteiger partial charge in [0.05, 0.1) is 17.8 Å². The first-order chi connectivity index (χ1) is 14.9. The average molecular weight is 464 g/mol. The molecule has 0 aromatic rings. The first kappa shape index (κ1) is 21.6. The van der Waals surface area contributed by atoms with Crippen molar-refractivity contribution in [1.29, 1.82) is 0 Å². The van der Waals surface area contributed by atoms with Crippen molar-refractivity contribution in [2.75, 3.05) is 6.61 Å². The molecule has 176 valence electrons. The fraction of sp³-hybridized carbons (Fsp3) is 0.762. The number of fused-ring (bicyclic) bond motifs is 3. The van der Waals surface area contributed by atoms with Crippen LogP contribution in [0.25, 0.3) is 0 Å². The van der Waals surface area contributed by atoms with Gasteiger partial charge < -0.3 is 14.2 Å². The van der Waals surface area contributed by atoms with Gasteiger partial charge in [-0.1, -0.05) is 12.2 Å². The van der Waals surface area contributed by atoms with Gasteiger partial charge in [-0.05, 0) is 31.1 Å². The number of ether oxygens (including phenoxy) is 3. The van der Waals surface area contributed by atoms with Crippen LogP contribution in [0, 0.1) is 41.4 Å². The number of hydrogen-bond acceptors (Lipinski definition) is 6. The molecular weight excluding hydrogens is 443 g/mol. The number of carbonyl (C=O) groups excluding carboxylic acids is 3. The summed E-state index contributed by atoms with van der Waals surface area (Å²) in [5, 5.41) is 0. The van der Waals surface area contributed by atoms with E-state index in [4.69, 9.17) is 9.47 Å². The predicted octanol–water partition coefficient (Wildman–Crippen LogP) is 3.05. The summed E-state index contributed by atoms with van der Waals surface area (Å²) in [7, 11) is 0. The third kappa shape index (κ3) is 3.57. The number of allylic oxidation sites excluding steroid dienone is 2. The van der Waals surface area contributed by atoms with Crippen molar-refractivity contribution in [3.8, 4) is 0 Å². The Morgan fingerprint density at radius 1 is 1.03 bits per heavy atom. The van der Waals surface area contributed by atoms with Crippen molar-refractivity contribution >= 4 is 17.9 Å². The summed E-state index contributed by atoms with van der Waals surface area (Å²) in [5.74, 6) is -9.72. The van der Waals surface area contributed by atoms with Gasteiger partial charge >= 0.3 is 24.1 Å². The zero-order chi connectivity index (χ0) is 23.0. The van der Waals surface area contributed by atoms with E-state index in [0.29, 0.717) is 18.8 Å². The molecule has 4 bridgehead atoms. The zero-order valence-corrected chi connectivity index (χ0v) is 16.7. The van der Waals surface area contributed by atoms with Crippen molar-refractivity contribution in [2.45, 2.75) is 50.0 Å². The van der Waals surface area contributed by atoms with E-state index in [1.165, 1.54) is 0 Å².